The maximum Gasteiger partial charge on any atom is 0.256 e. The van der Waals surface area contributed by atoms with Gasteiger partial charge < -0.3 is 9.73 Å². The van der Waals surface area contributed by atoms with E-state index in [-0.39, 0.29) is 17.6 Å². The molecule has 0 spiro atoms. The molecule has 118 valence electrons. The minimum atomic E-state index is -0.760. The van der Waals surface area contributed by atoms with Crippen LogP contribution in [0.25, 0.3) is 11.3 Å². The van der Waals surface area contributed by atoms with E-state index in [1.54, 1.807) is 13.1 Å². The lowest BCUT2D eigenvalue weighted by Crippen LogP contribution is -2.47. The molecule has 2 aromatic rings. The molecular weight excluding hydrogens is 310 g/mol. The molecule has 1 fully saturated rings. The van der Waals surface area contributed by atoms with E-state index in [1.807, 2.05) is 30.3 Å². The summed E-state index contributed by atoms with van der Waals surface area (Å²) in [7, 11) is 0. The van der Waals surface area contributed by atoms with Crippen LogP contribution in [0, 0.1) is 17.2 Å². The van der Waals surface area contributed by atoms with Crippen LogP contribution in [0.15, 0.2) is 46.2 Å². The largest absolute Gasteiger partial charge is 0.431 e. The Morgan fingerprint density at radius 3 is 2.87 bits per heavy atom. The molecule has 0 aliphatic heterocycles. The highest BCUT2D eigenvalue weighted by atomic mass is 32.2. The monoisotopic (exact) mass is 327 g/mol. The van der Waals surface area contributed by atoms with Crippen LogP contribution < -0.4 is 5.32 Å². The van der Waals surface area contributed by atoms with Crippen LogP contribution in [-0.2, 0) is 4.79 Å². The minimum Gasteiger partial charge on any atom is -0.431 e. The van der Waals surface area contributed by atoms with Gasteiger partial charge in [-0.1, -0.05) is 42.1 Å². The van der Waals surface area contributed by atoms with Crippen LogP contribution in [0.3, 0.4) is 0 Å². The summed E-state index contributed by atoms with van der Waals surface area (Å²) in [6, 6.07) is 11.9. The maximum atomic E-state index is 12.0. The molecule has 1 saturated carbocycles. The Morgan fingerprint density at radius 1 is 1.48 bits per heavy atom. The van der Waals surface area contributed by atoms with Gasteiger partial charge in [-0.3, -0.25) is 4.79 Å². The summed E-state index contributed by atoms with van der Waals surface area (Å²) >= 11 is 1.23. The molecule has 1 unspecified atom stereocenters. The van der Waals surface area contributed by atoms with E-state index in [0.717, 1.165) is 18.4 Å². The zero-order valence-corrected chi connectivity index (χ0v) is 13.6. The van der Waals surface area contributed by atoms with Crippen molar-refractivity contribution >= 4 is 17.7 Å². The van der Waals surface area contributed by atoms with Crippen molar-refractivity contribution in [3.05, 3.63) is 36.5 Å². The number of carbonyl (C=O) groups excluding carboxylic acids is 1. The fraction of sp³-hybridized carbons (Fsp3) is 0.353. The minimum absolute atomic E-state index is 0.176. The second kappa shape index (κ2) is 6.47. The third kappa shape index (κ3) is 3.74. The highest BCUT2D eigenvalue weighted by Gasteiger charge is 2.42. The topological polar surface area (TPSA) is 78.9 Å². The average Bonchev–Trinajstić information content (AvgIpc) is 3.33. The SMILES string of the molecule is CC(C#N)(NC(=O)CSc1ncc(-c2ccccc2)o1)C1CC1. The van der Waals surface area contributed by atoms with Crippen molar-refractivity contribution in [3.8, 4) is 17.4 Å². The predicted octanol–water partition coefficient (Wildman–Crippen LogP) is 3.24. The number of hydrogen-bond donors (Lipinski definition) is 1. The highest BCUT2D eigenvalue weighted by molar-refractivity contribution is 7.99. The summed E-state index contributed by atoms with van der Waals surface area (Å²) in [6.45, 7) is 1.78. The molecule has 1 aromatic heterocycles. The third-order valence-corrected chi connectivity index (χ3v) is 4.74. The van der Waals surface area contributed by atoms with E-state index in [4.69, 9.17) is 4.42 Å². The van der Waals surface area contributed by atoms with E-state index >= 15 is 0 Å². The van der Waals surface area contributed by atoms with Crippen LogP contribution >= 0.6 is 11.8 Å². The number of benzene rings is 1. The number of rotatable bonds is 6. The van der Waals surface area contributed by atoms with Gasteiger partial charge in [-0.05, 0) is 25.7 Å². The molecule has 0 saturated heterocycles. The fourth-order valence-electron chi connectivity index (χ4n) is 2.40. The van der Waals surface area contributed by atoms with Crippen molar-refractivity contribution in [3.63, 3.8) is 0 Å². The number of nitrogens with zero attached hydrogens (tertiary/aromatic N) is 2. The summed E-state index contributed by atoms with van der Waals surface area (Å²) in [6.07, 6.45) is 3.65. The summed E-state index contributed by atoms with van der Waals surface area (Å²) in [5.74, 6) is 0.949. The van der Waals surface area contributed by atoms with Crippen LogP contribution in [0.5, 0.6) is 0 Å². The zero-order chi connectivity index (χ0) is 16.3. The lowest BCUT2D eigenvalue weighted by Gasteiger charge is -2.22. The molecule has 6 heteroatoms. The number of amides is 1. The van der Waals surface area contributed by atoms with E-state index in [2.05, 4.69) is 16.4 Å². The maximum absolute atomic E-state index is 12.0. The first kappa shape index (κ1) is 15.6. The molecule has 1 aromatic carbocycles. The molecule has 0 bridgehead atoms. The van der Waals surface area contributed by atoms with Gasteiger partial charge in [-0.2, -0.15) is 5.26 Å². The van der Waals surface area contributed by atoms with Crippen LogP contribution in [0.4, 0.5) is 0 Å². The Bertz CT molecular complexity index is 734. The van der Waals surface area contributed by atoms with Gasteiger partial charge in [0.2, 0.25) is 5.91 Å². The van der Waals surface area contributed by atoms with Gasteiger partial charge in [-0.25, -0.2) is 4.98 Å². The van der Waals surface area contributed by atoms with E-state index in [0.29, 0.717) is 11.0 Å². The molecule has 1 amide bonds. The Labute approximate surface area is 139 Å². The number of oxazole rings is 1. The van der Waals surface area contributed by atoms with Crippen molar-refractivity contribution < 1.29 is 9.21 Å². The highest BCUT2D eigenvalue weighted by Crippen LogP contribution is 2.39. The lowest BCUT2D eigenvalue weighted by molar-refractivity contribution is -0.119. The second-order valence-corrected chi connectivity index (χ2v) is 6.71. The van der Waals surface area contributed by atoms with Crippen molar-refractivity contribution in [2.75, 3.05) is 5.75 Å². The molecule has 1 N–H and O–H groups in total. The van der Waals surface area contributed by atoms with Gasteiger partial charge in [0.15, 0.2) is 5.76 Å². The fourth-order valence-corrected chi connectivity index (χ4v) is 3.00. The Balaban J connectivity index is 1.56. The Kier molecular flexibility index (Phi) is 4.39. The lowest BCUT2D eigenvalue weighted by atomic mass is 9.98. The van der Waals surface area contributed by atoms with Crippen molar-refractivity contribution in [2.24, 2.45) is 5.92 Å². The molecule has 1 aliphatic rings. The Hall–Kier alpha value is -2.26. The molecule has 3 rings (SSSR count). The number of nitriles is 1. The van der Waals surface area contributed by atoms with Crippen molar-refractivity contribution in [2.45, 2.75) is 30.5 Å². The standard InChI is InChI=1S/C17H17N3O2S/c1-17(11-18,13-7-8-13)20-15(21)10-23-16-19-9-14(22-16)12-5-3-2-4-6-12/h2-6,9,13H,7-8,10H2,1H3,(H,20,21). The molecule has 23 heavy (non-hydrogen) atoms. The van der Waals surface area contributed by atoms with Crippen LogP contribution in [0.1, 0.15) is 19.8 Å². The first-order valence-electron chi connectivity index (χ1n) is 7.47. The number of aromatic nitrogens is 1. The van der Waals surface area contributed by atoms with E-state index < -0.39 is 5.54 Å². The smallest absolute Gasteiger partial charge is 0.256 e. The predicted molar refractivity (Wildman–Crippen MR) is 87.5 cm³/mol. The van der Waals surface area contributed by atoms with E-state index in [1.165, 1.54) is 11.8 Å². The normalized spacial score (nSPS) is 16.3. The second-order valence-electron chi connectivity index (χ2n) is 5.78. The van der Waals surface area contributed by atoms with Crippen molar-refractivity contribution in [1.29, 1.82) is 5.26 Å². The van der Waals surface area contributed by atoms with Gasteiger partial charge in [0.25, 0.3) is 5.22 Å². The van der Waals surface area contributed by atoms with Gasteiger partial charge in [0, 0.05) is 5.56 Å². The number of hydrogen-bond acceptors (Lipinski definition) is 5. The van der Waals surface area contributed by atoms with Gasteiger partial charge in [-0.15, -0.1) is 0 Å². The summed E-state index contributed by atoms with van der Waals surface area (Å²) in [4.78, 5) is 16.2. The summed E-state index contributed by atoms with van der Waals surface area (Å²) in [5, 5.41) is 12.5. The molecule has 1 aliphatic carbocycles. The molecule has 1 atom stereocenters. The first-order valence-corrected chi connectivity index (χ1v) is 8.45. The van der Waals surface area contributed by atoms with Gasteiger partial charge >= 0.3 is 0 Å². The average molecular weight is 327 g/mol. The number of carbonyl (C=O) groups is 1. The van der Waals surface area contributed by atoms with Crippen LogP contribution in [-0.4, -0.2) is 22.2 Å². The first-order chi connectivity index (χ1) is 11.1. The number of thioether (sulfide) groups is 1. The molecule has 5 nitrogen and oxygen atoms in total. The Morgan fingerprint density at radius 2 is 2.22 bits per heavy atom. The molecule has 0 radical (unpaired) electrons. The number of nitrogens with one attached hydrogen (secondary N) is 1. The molecule has 1 heterocycles. The van der Waals surface area contributed by atoms with Gasteiger partial charge in [0.05, 0.1) is 18.0 Å². The van der Waals surface area contributed by atoms with E-state index in [9.17, 15) is 10.1 Å². The summed E-state index contributed by atoms with van der Waals surface area (Å²) < 4.78 is 5.64. The van der Waals surface area contributed by atoms with Crippen molar-refractivity contribution in [1.82, 2.24) is 10.3 Å². The summed E-state index contributed by atoms with van der Waals surface area (Å²) in [5.41, 5.74) is 0.186. The van der Waals surface area contributed by atoms with Gasteiger partial charge in [0.1, 0.15) is 5.54 Å². The zero-order valence-electron chi connectivity index (χ0n) is 12.8. The third-order valence-electron chi connectivity index (χ3n) is 3.89. The quantitative estimate of drug-likeness (QED) is 0.824. The molecular formula is C17H17N3O2S. The van der Waals surface area contributed by atoms with Crippen LogP contribution in [0.2, 0.25) is 0 Å².